The van der Waals surface area contributed by atoms with Crippen molar-refractivity contribution >= 4 is 21.8 Å². The third-order valence-corrected chi connectivity index (χ3v) is 3.17. The summed E-state index contributed by atoms with van der Waals surface area (Å²) in [5, 5.41) is 0.821. The Morgan fingerprint density at radius 2 is 2.00 bits per heavy atom. The standard InChI is InChI=1S/C15H22BrNO2/c1-2-3-11-17(12-10-16)15(18)9-13-19-14-7-5-4-6-8-14/h4-8H,2-3,9-13H2,1H3. The van der Waals surface area contributed by atoms with Gasteiger partial charge in [-0.25, -0.2) is 0 Å². The van der Waals surface area contributed by atoms with E-state index >= 15 is 0 Å². The van der Waals surface area contributed by atoms with E-state index < -0.39 is 0 Å². The highest BCUT2D eigenvalue weighted by Gasteiger charge is 2.12. The Labute approximate surface area is 124 Å². The lowest BCUT2D eigenvalue weighted by atomic mass is 10.3. The van der Waals surface area contributed by atoms with E-state index in [0.717, 1.165) is 37.0 Å². The first kappa shape index (κ1) is 16.0. The number of halogens is 1. The van der Waals surface area contributed by atoms with Gasteiger partial charge in [0, 0.05) is 18.4 Å². The Kier molecular flexibility index (Phi) is 8.30. The second-order valence-corrected chi connectivity index (χ2v) is 5.13. The quantitative estimate of drug-likeness (QED) is 0.650. The summed E-state index contributed by atoms with van der Waals surface area (Å²) >= 11 is 3.39. The molecule has 0 aliphatic carbocycles. The first-order valence-electron chi connectivity index (χ1n) is 6.79. The van der Waals surface area contributed by atoms with Crippen LogP contribution < -0.4 is 4.74 Å². The fraction of sp³-hybridized carbons (Fsp3) is 0.533. The fourth-order valence-corrected chi connectivity index (χ4v) is 2.17. The van der Waals surface area contributed by atoms with Crippen LogP contribution >= 0.6 is 15.9 Å². The molecule has 3 nitrogen and oxygen atoms in total. The number of carbonyl (C=O) groups excluding carboxylic acids is 1. The molecular formula is C15H22BrNO2. The van der Waals surface area contributed by atoms with Gasteiger partial charge >= 0.3 is 0 Å². The van der Waals surface area contributed by atoms with Crippen LogP contribution in [-0.4, -0.2) is 35.8 Å². The van der Waals surface area contributed by atoms with Crippen molar-refractivity contribution < 1.29 is 9.53 Å². The molecule has 1 rings (SSSR count). The molecule has 106 valence electrons. The molecule has 0 saturated carbocycles. The molecule has 1 amide bonds. The van der Waals surface area contributed by atoms with Crippen molar-refractivity contribution in [2.75, 3.05) is 25.0 Å². The molecule has 0 aliphatic rings. The molecule has 0 unspecified atom stereocenters. The fourth-order valence-electron chi connectivity index (χ4n) is 1.74. The minimum Gasteiger partial charge on any atom is -0.493 e. The van der Waals surface area contributed by atoms with Gasteiger partial charge in [-0.3, -0.25) is 4.79 Å². The van der Waals surface area contributed by atoms with E-state index in [1.807, 2.05) is 35.2 Å². The molecule has 0 fully saturated rings. The largest absolute Gasteiger partial charge is 0.493 e. The highest BCUT2D eigenvalue weighted by molar-refractivity contribution is 9.09. The number of rotatable bonds is 9. The van der Waals surface area contributed by atoms with Gasteiger partial charge in [0.15, 0.2) is 0 Å². The Morgan fingerprint density at radius 3 is 2.63 bits per heavy atom. The van der Waals surface area contributed by atoms with Gasteiger partial charge in [-0.15, -0.1) is 0 Å². The highest BCUT2D eigenvalue weighted by Crippen LogP contribution is 2.09. The van der Waals surface area contributed by atoms with Crippen molar-refractivity contribution in [3.63, 3.8) is 0 Å². The number of alkyl halides is 1. The van der Waals surface area contributed by atoms with Crippen LogP contribution in [-0.2, 0) is 4.79 Å². The summed E-state index contributed by atoms with van der Waals surface area (Å²) in [5.74, 6) is 0.986. The molecule has 0 atom stereocenters. The number of amides is 1. The number of para-hydroxylation sites is 1. The van der Waals surface area contributed by atoms with Crippen LogP contribution in [0.4, 0.5) is 0 Å². The zero-order valence-electron chi connectivity index (χ0n) is 11.5. The van der Waals surface area contributed by atoms with Gasteiger partial charge in [-0.05, 0) is 18.6 Å². The molecular weight excluding hydrogens is 306 g/mol. The molecule has 4 heteroatoms. The Bertz CT molecular complexity index is 356. The summed E-state index contributed by atoms with van der Waals surface area (Å²) in [6.07, 6.45) is 2.59. The number of benzene rings is 1. The van der Waals surface area contributed by atoms with E-state index in [-0.39, 0.29) is 5.91 Å². The number of nitrogens with zero attached hydrogens (tertiary/aromatic N) is 1. The molecule has 0 aromatic heterocycles. The molecule has 0 aliphatic heterocycles. The van der Waals surface area contributed by atoms with Crippen molar-refractivity contribution in [3.05, 3.63) is 30.3 Å². The number of hydrogen-bond donors (Lipinski definition) is 0. The zero-order valence-corrected chi connectivity index (χ0v) is 13.1. The van der Waals surface area contributed by atoms with Gasteiger partial charge in [0.2, 0.25) is 5.91 Å². The second-order valence-electron chi connectivity index (χ2n) is 4.33. The predicted octanol–water partition coefficient (Wildman–Crippen LogP) is 3.48. The molecule has 1 aromatic rings. The van der Waals surface area contributed by atoms with Crippen LogP contribution in [0.1, 0.15) is 26.2 Å². The van der Waals surface area contributed by atoms with Crippen LogP contribution in [0.5, 0.6) is 5.75 Å². The average Bonchev–Trinajstić information content (AvgIpc) is 2.44. The van der Waals surface area contributed by atoms with E-state index in [1.165, 1.54) is 0 Å². The average molecular weight is 328 g/mol. The van der Waals surface area contributed by atoms with Crippen molar-refractivity contribution in [2.45, 2.75) is 26.2 Å². The van der Waals surface area contributed by atoms with Gasteiger partial charge < -0.3 is 9.64 Å². The van der Waals surface area contributed by atoms with Crippen LogP contribution in [0.25, 0.3) is 0 Å². The molecule has 0 heterocycles. The molecule has 19 heavy (non-hydrogen) atoms. The van der Waals surface area contributed by atoms with Gasteiger partial charge in [0.05, 0.1) is 13.0 Å². The Balaban J connectivity index is 2.31. The zero-order chi connectivity index (χ0) is 13.9. The third-order valence-electron chi connectivity index (χ3n) is 2.82. The molecule has 0 N–H and O–H groups in total. The lowest BCUT2D eigenvalue weighted by Crippen LogP contribution is -2.34. The van der Waals surface area contributed by atoms with Crippen LogP contribution in [0.2, 0.25) is 0 Å². The maximum absolute atomic E-state index is 12.1. The summed E-state index contributed by atoms with van der Waals surface area (Å²) in [5.41, 5.74) is 0. The van der Waals surface area contributed by atoms with E-state index in [2.05, 4.69) is 22.9 Å². The molecule has 0 radical (unpaired) electrons. The van der Waals surface area contributed by atoms with Crippen molar-refractivity contribution in [1.29, 1.82) is 0 Å². The van der Waals surface area contributed by atoms with E-state index in [0.29, 0.717) is 13.0 Å². The minimum atomic E-state index is 0.170. The molecule has 0 bridgehead atoms. The summed E-state index contributed by atoms with van der Waals surface area (Å²) in [4.78, 5) is 14.0. The van der Waals surface area contributed by atoms with Crippen LogP contribution in [0, 0.1) is 0 Å². The molecule has 0 saturated heterocycles. The van der Waals surface area contributed by atoms with Crippen LogP contribution in [0.15, 0.2) is 30.3 Å². The summed E-state index contributed by atoms with van der Waals surface area (Å²) in [7, 11) is 0. The van der Waals surface area contributed by atoms with E-state index in [9.17, 15) is 4.79 Å². The Morgan fingerprint density at radius 1 is 1.26 bits per heavy atom. The van der Waals surface area contributed by atoms with Gasteiger partial charge in [-0.2, -0.15) is 0 Å². The Hall–Kier alpha value is -1.03. The maximum atomic E-state index is 12.1. The number of ether oxygens (including phenoxy) is 1. The van der Waals surface area contributed by atoms with E-state index in [1.54, 1.807) is 0 Å². The SMILES string of the molecule is CCCCN(CCBr)C(=O)CCOc1ccccc1. The van der Waals surface area contributed by atoms with Gasteiger partial charge in [0.25, 0.3) is 0 Å². The van der Waals surface area contributed by atoms with Gasteiger partial charge in [0.1, 0.15) is 5.75 Å². The molecule has 1 aromatic carbocycles. The van der Waals surface area contributed by atoms with E-state index in [4.69, 9.17) is 4.74 Å². The first-order chi connectivity index (χ1) is 9.27. The lowest BCUT2D eigenvalue weighted by molar-refractivity contribution is -0.131. The third kappa shape index (κ3) is 6.62. The van der Waals surface area contributed by atoms with Gasteiger partial charge in [-0.1, -0.05) is 47.5 Å². The first-order valence-corrected chi connectivity index (χ1v) is 7.91. The van der Waals surface area contributed by atoms with Crippen molar-refractivity contribution in [3.8, 4) is 5.75 Å². The number of carbonyl (C=O) groups is 1. The minimum absolute atomic E-state index is 0.170. The highest BCUT2D eigenvalue weighted by atomic mass is 79.9. The normalized spacial score (nSPS) is 10.2. The monoisotopic (exact) mass is 327 g/mol. The predicted molar refractivity (Wildman–Crippen MR) is 81.8 cm³/mol. The number of hydrogen-bond acceptors (Lipinski definition) is 2. The topological polar surface area (TPSA) is 29.5 Å². The maximum Gasteiger partial charge on any atom is 0.226 e. The molecule has 0 spiro atoms. The number of unbranched alkanes of at least 4 members (excludes halogenated alkanes) is 1. The van der Waals surface area contributed by atoms with Crippen molar-refractivity contribution in [1.82, 2.24) is 4.90 Å². The van der Waals surface area contributed by atoms with Crippen LogP contribution in [0.3, 0.4) is 0 Å². The summed E-state index contributed by atoms with van der Waals surface area (Å²) in [6, 6.07) is 9.60. The summed E-state index contributed by atoms with van der Waals surface area (Å²) in [6.45, 7) is 4.18. The smallest absolute Gasteiger partial charge is 0.226 e. The second kappa shape index (κ2) is 9.84. The summed E-state index contributed by atoms with van der Waals surface area (Å²) < 4.78 is 5.55. The lowest BCUT2D eigenvalue weighted by Gasteiger charge is -2.21. The van der Waals surface area contributed by atoms with Crippen molar-refractivity contribution in [2.24, 2.45) is 0 Å².